The van der Waals surface area contributed by atoms with Crippen LogP contribution in [0.2, 0.25) is 0 Å². The van der Waals surface area contributed by atoms with E-state index in [9.17, 15) is 29.4 Å². The summed E-state index contributed by atoms with van der Waals surface area (Å²) in [6.07, 6.45) is -0.479. The number of thioether (sulfide) groups is 1. The normalized spacial score (nSPS) is 41.5. The number of ether oxygens (including phenoxy) is 1. The number of carboxylic acid groups (broad SMARTS) is 1. The molecule has 4 aliphatic carbocycles. The van der Waals surface area contributed by atoms with E-state index in [1.807, 2.05) is 0 Å². The number of carbonyl (C=O) groups excluding carboxylic acids is 3. The lowest BCUT2D eigenvalue weighted by Gasteiger charge is -2.62. The molecule has 0 radical (unpaired) electrons. The van der Waals surface area contributed by atoms with Crippen LogP contribution < -0.4 is 0 Å². The highest BCUT2D eigenvalue weighted by Gasteiger charge is 2.76. The van der Waals surface area contributed by atoms with Gasteiger partial charge in [0, 0.05) is 11.3 Å². The SMILES string of the molecule is C[C@@H]1CC2C3C[C@H](F)C4=CC(=O)C=C[C@]4(C)[C@@]3(F)[C@@H](O)C[C@]2(C(=O)SCC(=O)O)[C@@H]1OC(=O)c1ccco1. The maximum atomic E-state index is 17.4. The van der Waals surface area contributed by atoms with Crippen LogP contribution in [-0.4, -0.2) is 62.9 Å². The molecule has 0 aliphatic heterocycles. The third-order valence-corrected chi connectivity index (χ3v) is 10.1. The van der Waals surface area contributed by atoms with Gasteiger partial charge >= 0.3 is 11.9 Å². The van der Waals surface area contributed by atoms with Crippen LogP contribution in [0.4, 0.5) is 8.78 Å². The summed E-state index contributed by atoms with van der Waals surface area (Å²) in [6.45, 7) is 3.17. The zero-order chi connectivity index (χ0) is 27.6. The minimum Gasteiger partial charge on any atom is -0.481 e. The maximum Gasteiger partial charge on any atom is 0.374 e. The fraction of sp³-hybridized carbons (Fsp3) is 0.556. The number of aliphatic hydroxyl groups excluding tert-OH is 1. The summed E-state index contributed by atoms with van der Waals surface area (Å²) < 4.78 is 44.0. The molecule has 3 saturated carbocycles. The Bertz CT molecular complexity index is 1240. The van der Waals surface area contributed by atoms with E-state index in [4.69, 9.17) is 9.15 Å². The molecule has 1 heterocycles. The number of carbonyl (C=O) groups is 4. The van der Waals surface area contributed by atoms with Crippen LogP contribution >= 0.6 is 11.8 Å². The fourth-order valence-corrected chi connectivity index (χ4v) is 8.41. The summed E-state index contributed by atoms with van der Waals surface area (Å²) in [5.41, 5.74) is -5.77. The number of carboxylic acids is 1. The zero-order valence-electron chi connectivity index (χ0n) is 20.8. The number of furan rings is 1. The molecule has 38 heavy (non-hydrogen) atoms. The molecule has 204 valence electrons. The molecule has 8 nitrogen and oxygen atoms in total. The molecule has 0 spiro atoms. The van der Waals surface area contributed by atoms with Crippen LogP contribution in [0, 0.1) is 28.6 Å². The lowest BCUT2D eigenvalue weighted by atomic mass is 9.45. The number of alkyl halides is 2. The maximum absolute atomic E-state index is 17.4. The van der Waals surface area contributed by atoms with E-state index in [0.29, 0.717) is 11.8 Å². The summed E-state index contributed by atoms with van der Waals surface area (Å²) in [5.74, 6) is -5.80. The number of hydrogen-bond acceptors (Lipinski definition) is 8. The molecule has 4 aliphatic rings. The molecule has 2 N–H and O–H groups in total. The molecule has 2 unspecified atom stereocenters. The van der Waals surface area contributed by atoms with Gasteiger partial charge in [-0.25, -0.2) is 13.6 Å². The first kappa shape index (κ1) is 26.8. The Labute approximate surface area is 221 Å². The van der Waals surface area contributed by atoms with Crippen LogP contribution in [-0.2, 0) is 19.1 Å². The van der Waals surface area contributed by atoms with Crippen molar-refractivity contribution >= 4 is 34.6 Å². The van der Waals surface area contributed by atoms with Crippen molar-refractivity contribution in [1.82, 2.24) is 0 Å². The van der Waals surface area contributed by atoms with Gasteiger partial charge in [0.25, 0.3) is 0 Å². The summed E-state index contributed by atoms with van der Waals surface area (Å²) in [5, 5.41) is 20.1. The van der Waals surface area contributed by atoms with Gasteiger partial charge in [-0.15, -0.1) is 0 Å². The first-order valence-electron chi connectivity index (χ1n) is 12.5. The number of hydrogen-bond donors (Lipinski definition) is 2. The number of allylic oxidation sites excluding steroid dienone is 4. The third-order valence-electron chi connectivity index (χ3n) is 9.09. The average Bonchev–Trinajstić information content (AvgIpc) is 3.49. The quantitative estimate of drug-likeness (QED) is 0.527. The standard InChI is InChI=1S/C27H28F2O8S/c1-13-8-15-16-10-18(28)17-9-14(30)5-6-25(17,2)27(16,29)20(31)11-26(15,24(35)38-12-21(32)33)22(13)37-23(34)19-4-3-7-36-19/h3-7,9,13,15-16,18,20,22,31H,8,10-12H2,1-2H3,(H,32,33)/t13-,15?,16?,18+,20+,22-,25+,26-,27+/m1/s1. The van der Waals surface area contributed by atoms with Gasteiger partial charge in [-0.2, -0.15) is 0 Å². The largest absolute Gasteiger partial charge is 0.481 e. The second kappa shape index (κ2) is 9.15. The lowest BCUT2D eigenvalue weighted by molar-refractivity contribution is -0.207. The molecule has 11 heteroatoms. The van der Waals surface area contributed by atoms with E-state index in [2.05, 4.69) is 0 Å². The Kier molecular flexibility index (Phi) is 6.45. The number of rotatable bonds is 5. The Morgan fingerprint density at radius 2 is 2.00 bits per heavy atom. The van der Waals surface area contributed by atoms with Gasteiger partial charge in [0.1, 0.15) is 12.3 Å². The second-order valence-corrected chi connectivity index (χ2v) is 11.9. The fourth-order valence-electron chi connectivity index (χ4n) is 7.53. The monoisotopic (exact) mass is 550 g/mol. The Hall–Kier alpha value is -2.79. The Morgan fingerprint density at radius 3 is 2.66 bits per heavy atom. The van der Waals surface area contributed by atoms with Crippen LogP contribution in [0.15, 0.2) is 46.6 Å². The van der Waals surface area contributed by atoms with Crippen LogP contribution in [0.5, 0.6) is 0 Å². The van der Waals surface area contributed by atoms with Crippen LogP contribution in [0.25, 0.3) is 0 Å². The van der Waals surface area contributed by atoms with E-state index >= 15 is 8.78 Å². The second-order valence-electron chi connectivity index (χ2n) is 11.0. The Morgan fingerprint density at radius 1 is 1.26 bits per heavy atom. The molecule has 0 bridgehead atoms. The minimum absolute atomic E-state index is 0.0475. The number of aliphatic carboxylic acids is 1. The van der Waals surface area contributed by atoms with Crippen molar-refractivity contribution in [3.05, 3.63) is 48.0 Å². The molecule has 0 amide bonds. The van der Waals surface area contributed by atoms with Gasteiger partial charge in [-0.3, -0.25) is 14.4 Å². The number of aliphatic hydroxyl groups is 1. The molecule has 1 aromatic heterocycles. The Balaban J connectivity index is 1.61. The smallest absolute Gasteiger partial charge is 0.374 e. The summed E-state index contributed by atoms with van der Waals surface area (Å²) >= 11 is 0.501. The van der Waals surface area contributed by atoms with Crippen molar-refractivity contribution in [1.29, 1.82) is 0 Å². The van der Waals surface area contributed by atoms with E-state index in [0.717, 1.165) is 12.2 Å². The zero-order valence-corrected chi connectivity index (χ0v) is 21.6. The first-order chi connectivity index (χ1) is 17.9. The van der Waals surface area contributed by atoms with Gasteiger partial charge < -0.3 is 19.4 Å². The van der Waals surface area contributed by atoms with E-state index in [1.54, 1.807) is 6.92 Å². The van der Waals surface area contributed by atoms with Crippen molar-refractivity contribution in [3.63, 3.8) is 0 Å². The van der Waals surface area contributed by atoms with Crippen molar-refractivity contribution in [2.24, 2.45) is 28.6 Å². The van der Waals surface area contributed by atoms with Crippen molar-refractivity contribution < 1.29 is 47.3 Å². The lowest BCUT2D eigenvalue weighted by Crippen LogP contribution is -2.70. The van der Waals surface area contributed by atoms with Gasteiger partial charge in [0.15, 0.2) is 16.6 Å². The number of ketones is 1. The highest BCUT2D eigenvalue weighted by molar-refractivity contribution is 8.14. The van der Waals surface area contributed by atoms with E-state index in [1.165, 1.54) is 31.4 Å². The molecule has 9 atom stereocenters. The molecule has 5 rings (SSSR count). The van der Waals surface area contributed by atoms with E-state index < -0.39 is 87.6 Å². The molecular weight excluding hydrogens is 522 g/mol. The van der Waals surface area contributed by atoms with Gasteiger partial charge in [-0.05, 0) is 67.9 Å². The number of halogens is 2. The van der Waals surface area contributed by atoms with Crippen LogP contribution in [0.3, 0.4) is 0 Å². The van der Waals surface area contributed by atoms with Crippen LogP contribution in [0.1, 0.15) is 43.7 Å². The first-order valence-corrected chi connectivity index (χ1v) is 13.4. The highest BCUT2D eigenvalue weighted by atomic mass is 32.2. The van der Waals surface area contributed by atoms with E-state index in [-0.39, 0.29) is 24.2 Å². The number of fused-ring (bicyclic) bond motifs is 5. The minimum atomic E-state index is -2.43. The predicted molar refractivity (Wildman–Crippen MR) is 131 cm³/mol. The van der Waals surface area contributed by atoms with Gasteiger partial charge in [-0.1, -0.05) is 24.8 Å². The molecule has 0 aromatic carbocycles. The van der Waals surface area contributed by atoms with Crippen molar-refractivity contribution in [3.8, 4) is 0 Å². The van der Waals surface area contributed by atoms with Crippen molar-refractivity contribution in [2.45, 2.75) is 57.2 Å². The third kappa shape index (κ3) is 3.65. The summed E-state index contributed by atoms with van der Waals surface area (Å²) in [4.78, 5) is 50.0. The molecular formula is C27H28F2O8S. The topological polar surface area (TPSA) is 131 Å². The van der Waals surface area contributed by atoms with Crippen molar-refractivity contribution in [2.75, 3.05) is 5.75 Å². The molecule has 0 saturated heterocycles. The summed E-state index contributed by atoms with van der Waals surface area (Å²) in [6, 6.07) is 2.87. The average molecular weight is 551 g/mol. The van der Waals surface area contributed by atoms with Gasteiger partial charge in [0.2, 0.25) is 5.76 Å². The highest BCUT2D eigenvalue weighted by Crippen LogP contribution is 2.70. The van der Waals surface area contributed by atoms with Gasteiger partial charge in [0.05, 0.1) is 23.5 Å². The summed E-state index contributed by atoms with van der Waals surface area (Å²) in [7, 11) is 0. The molecule has 3 fully saturated rings. The predicted octanol–water partition coefficient (Wildman–Crippen LogP) is 3.69. The molecule has 1 aromatic rings. The number of esters is 1.